The van der Waals surface area contributed by atoms with Crippen LogP contribution >= 0.6 is 11.6 Å². The third-order valence-electron chi connectivity index (χ3n) is 4.01. The Balaban J connectivity index is 1.83. The highest BCUT2D eigenvalue weighted by atomic mass is 35.5. The van der Waals surface area contributed by atoms with Gasteiger partial charge in [0.25, 0.3) is 15.9 Å². The summed E-state index contributed by atoms with van der Waals surface area (Å²) in [6, 6.07) is 12.8. The van der Waals surface area contributed by atoms with E-state index in [0.717, 1.165) is 12.6 Å². The molecule has 0 saturated carbocycles. The number of hydrogen-bond acceptors (Lipinski definition) is 6. The molecule has 0 bridgehead atoms. The van der Waals surface area contributed by atoms with Gasteiger partial charge in [-0.2, -0.15) is 0 Å². The molecule has 0 heterocycles. The summed E-state index contributed by atoms with van der Waals surface area (Å²) in [6.45, 7) is 1.88. The van der Waals surface area contributed by atoms with Crippen molar-refractivity contribution in [3.63, 3.8) is 0 Å². The maximum absolute atomic E-state index is 12.4. The number of benzene rings is 2. The summed E-state index contributed by atoms with van der Waals surface area (Å²) >= 11 is 5.85. The number of carbonyl (C=O) groups is 2. The smallest absolute Gasteiger partial charge is 0.423 e. The quantitative estimate of drug-likeness (QED) is 0.625. The molecule has 0 saturated heterocycles. The molecular weight excluding hydrogens is 432 g/mol. The standard InChI is InChI=1S/C20H23ClN2O6S/c1-3-28-20(25)23(2)30(26,27)18-9-7-15(8-10-18)11-12-22-19(24)14-29-17-6-4-5-16(21)13-17/h4-10,13H,3,11-12,14H2,1-2H3,(H,22,24). The molecule has 2 aromatic rings. The van der Waals surface area contributed by atoms with Gasteiger partial charge in [0.1, 0.15) is 5.75 Å². The van der Waals surface area contributed by atoms with Gasteiger partial charge in [-0.05, 0) is 49.2 Å². The molecule has 1 N–H and O–H groups in total. The minimum atomic E-state index is -3.98. The highest BCUT2D eigenvalue weighted by molar-refractivity contribution is 7.89. The summed E-state index contributed by atoms with van der Waals surface area (Å²) in [4.78, 5) is 23.5. The number of nitrogens with zero attached hydrogens (tertiary/aromatic N) is 1. The van der Waals surface area contributed by atoms with Gasteiger partial charge in [0.2, 0.25) is 0 Å². The van der Waals surface area contributed by atoms with E-state index in [0.29, 0.717) is 28.0 Å². The molecule has 0 spiro atoms. The Bertz CT molecular complexity index is 979. The molecule has 0 unspecified atom stereocenters. The van der Waals surface area contributed by atoms with Gasteiger partial charge in [0, 0.05) is 18.6 Å². The molecule has 162 valence electrons. The average molecular weight is 455 g/mol. The van der Waals surface area contributed by atoms with Crippen molar-refractivity contribution < 1.29 is 27.5 Å². The van der Waals surface area contributed by atoms with Crippen LogP contribution in [0.25, 0.3) is 0 Å². The number of carbonyl (C=O) groups excluding carboxylic acids is 2. The van der Waals surface area contributed by atoms with Crippen LogP contribution in [0.5, 0.6) is 5.75 Å². The monoisotopic (exact) mass is 454 g/mol. The van der Waals surface area contributed by atoms with Crippen LogP contribution in [-0.4, -0.2) is 51.5 Å². The normalized spacial score (nSPS) is 10.9. The SMILES string of the molecule is CCOC(=O)N(C)S(=O)(=O)c1ccc(CCNC(=O)COc2cccc(Cl)c2)cc1. The van der Waals surface area contributed by atoms with Gasteiger partial charge in [-0.1, -0.05) is 29.8 Å². The summed E-state index contributed by atoms with van der Waals surface area (Å²) in [5, 5.41) is 3.24. The molecular formula is C20H23ClN2O6S. The molecule has 8 nitrogen and oxygen atoms in total. The lowest BCUT2D eigenvalue weighted by atomic mass is 10.1. The van der Waals surface area contributed by atoms with E-state index in [1.54, 1.807) is 43.3 Å². The van der Waals surface area contributed by atoms with Crippen LogP contribution in [0.4, 0.5) is 4.79 Å². The van der Waals surface area contributed by atoms with E-state index in [9.17, 15) is 18.0 Å². The molecule has 30 heavy (non-hydrogen) atoms. The zero-order valence-corrected chi connectivity index (χ0v) is 18.2. The van der Waals surface area contributed by atoms with Crippen LogP contribution in [0.2, 0.25) is 5.02 Å². The van der Waals surface area contributed by atoms with Crippen molar-refractivity contribution in [1.82, 2.24) is 9.62 Å². The summed E-state index contributed by atoms with van der Waals surface area (Å²) in [6.07, 6.45) is -0.444. The van der Waals surface area contributed by atoms with Crippen molar-refractivity contribution in [2.75, 3.05) is 26.8 Å². The lowest BCUT2D eigenvalue weighted by Gasteiger charge is -2.17. The number of hydrogen-bond donors (Lipinski definition) is 1. The van der Waals surface area contributed by atoms with Gasteiger partial charge in [-0.15, -0.1) is 0 Å². The van der Waals surface area contributed by atoms with E-state index in [2.05, 4.69) is 5.32 Å². The molecule has 0 aliphatic rings. The molecule has 0 radical (unpaired) electrons. The van der Waals surface area contributed by atoms with Crippen molar-refractivity contribution in [2.45, 2.75) is 18.2 Å². The molecule has 10 heteroatoms. The largest absolute Gasteiger partial charge is 0.484 e. The Morgan fingerprint density at radius 2 is 1.83 bits per heavy atom. The molecule has 2 aromatic carbocycles. The van der Waals surface area contributed by atoms with Crippen molar-refractivity contribution >= 4 is 33.6 Å². The second-order valence-corrected chi connectivity index (χ2v) is 8.57. The van der Waals surface area contributed by atoms with Crippen molar-refractivity contribution in [1.29, 1.82) is 0 Å². The van der Waals surface area contributed by atoms with E-state index in [1.165, 1.54) is 12.1 Å². The van der Waals surface area contributed by atoms with Gasteiger partial charge in [-0.25, -0.2) is 17.5 Å². The van der Waals surface area contributed by atoms with Crippen molar-refractivity contribution in [2.24, 2.45) is 0 Å². The third-order valence-corrected chi connectivity index (χ3v) is 5.98. The molecule has 2 rings (SSSR count). The van der Waals surface area contributed by atoms with Crippen molar-refractivity contribution in [3.05, 3.63) is 59.1 Å². The lowest BCUT2D eigenvalue weighted by molar-refractivity contribution is -0.123. The Morgan fingerprint density at radius 3 is 2.47 bits per heavy atom. The van der Waals surface area contributed by atoms with Crippen LogP contribution in [-0.2, 0) is 26.0 Å². The van der Waals surface area contributed by atoms with Gasteiger partial charge < -0.3 is 14.8 Å². The number of halogens is 1. The van der Waals surface area contributed by atoms with E-state index in [1.807, 2.05) is 0 Å². The Kier molecular flexibility index (Phi) is 8.49. The minimum absolute atomic E-state index is 0.0271. The molecule has 0 aliphatic heterocycles. The van der Waals surface area contributed by atoms with E-state index < -0.39 is 16.1 Å². The molecule has 0 fully saturated rings. The molecule has 0 aliphatic carbocycles. The van der Waals surface area contributed by atoms with Crippen LogP contribution in [0.15, 0.2) is 53.4 Å². The highest BCUT2D eigenvalue weighted by Gasteiger charge is 2.26. The fourth-order valence-corrected chi connectivity index (χ4v) is 3.63. The maximum Gasteiger partial charge on any atom is 0.423 e. The van der Waals surface area contributed by atoms with E-state index >= 15 is 0 Å². The first-order chi connectivity index (χ1) is 14.2. The van der Waals surface area contributed by atoms with Gasteiger partial charge in [-0.3, -0.25) is 4.79 Å². The molecule has 0 atom stereocenters. The summed E-state index contributed by atoms with van der Waals surface area (Å²) in [5.74, 6) is 0.215. The predicted octanol–water partition coefficient (Wildman–Crippen LogP) is 2.85. The minimum Gasteiger partial charge on any atom is -0.484 e. The number of amides is 2. The first-order valence-electron chi connectivity index (χ1n) is 9.13. The topological polar surface area (TPSA) is 102 Å². The summed E-state index contributed by atoms with van der Waals surface area (Å²) in [5.41, 5.74) is 0.823. The van der Waals surface area contributed by atoms with Crippen LogP contribution < -0.4 is 10.1 Å². The zero-order chi connectivity index (χ0) is 22.1. The number of sulfonamides is 1. The van der Waals surface area contributed by atoms with Gasteiger partial charge in [0.05, 0.1) is 11.5 Å². The average Bonchev–Trinajstić information content (AvgIpc) is 2.72. The predicted molar refractivity (Wildman–Crippen MR) is 112 cm³/mol. The number of ether oxygens (including phenoxy) is 2. The lowest BCUT2D eigenvalue weighted by Crippen LogP contribution is -2.33. The molecule has 2 amide bonds. The second-order valence-electron chi connectivity index (χ2n) is 6.16. The molecule has 0 aromatic heterocycles. The van der Waals surface area contributed by atoms with Crippen molar-refractivity contribution in [3.8, 4) is 5.75 Å². The highest BCUT2D eigenvalue weighted by Crippen LogP contribution is 2.17. The Morgan fingerprint density at radius 1 is 1.13 bits per heavy atom. The number of nitrogens with one attached hydrogen (secondary N) is 1. The van der Waals surface area contributed by atoms with E-state index in [-0.39, 0.29) is 24.0 Å². The Hall–Kier alpha value is -2.78. The first kappa shape index (κ1) is 23.5. The summed E-state index contributed by atoms with van der Waals surface area (Å²) < 4.78 is 35.5. The zero-order valence-electron chi connectivity index (χ0n) is 16.6. The second kappa shape index (κ2) is 10.8. The van der Waals surface area contributed by atoms with E-state index in [4.69, 9.17) is 21.1 Å². The fourth-order valence-electron chi connectivity index (χ4n) is 2.40. The third kappa shape index (κ3) is 6.64. The van der Waals surface area contributed by atoms with Crippen LogP contribution in [0.1, 0.15) is 12.5 Å². The summed E-state index contributed by atoms with van der Waals surface area (Å²) in [7, 11) is -2.84. The van der Waals surface area contributed by atoms with Crippen LogP contribution in [0.3, 0.4) is 0 Å². The number of rotatable bonds is 9. The first-order valence-corrected chi connectivity index (χ1v) is 11.0. The van der Waals surface area contributed by atoms with Crippen LogP contribution in [0, 0.1) is 0 Å². The van der Waals surface area contributed by atoms with Gasteiger partial charge in [0.15, 0.2) is 6.61 Å². The Labute approximate surface area is 180 Å². The van der Waals surface area contributed by atoms with Gasteiger partial charge >= 0.3 is 6.09 Å². The maximum atomic E-state index is 12.4. The fraction of sp³-hybridized carbons (Fsp3) is 0.300.